The van der Waals surface area contributed by atoms with Gasteiger partial charge in [-0.15, -0.1) is 13.2 Å². The average Bonchev–Trinajstić information content (AvgIpc) is 2.66. The van der Waals surface area contributed by atoms with Gasteiger partial charge in [-0.1, -0.05) is 43.3 Å². The van der Waals surface area contributed by atoms with Crippen LogP contribution in [0.5, 0.6) is 5.75 Å². The summed E-state index contributed by atoms with van der Waals surface area (Å²) < 4.78 is 56.4. The molecule has 0 spiro atoms. The molecule has 4 rings (SSSR count). The van der Waals surface area contributed by atoms with Crippen LogP contribution in [0.25, 0.3) is 10.8 Å². The Labute approximate surface area is 160 Å². The van der Waals surface area contributed by atoms with Gasteiger partial charge in [-0.3, -0.25) is 0 Å². The fourth-order valence-corrected chi connectivity index (χ4v) is 4.09. The van der Waals surface area contributed by atoms with Crippen molar-refractivity contribution in [1.29, 1.82) is 0 Å². The van der Waals surface area contributed by atoms with E-state index in [1.54, 1.807) is 6.07 Å². The van der Waals surface area contributed by atoms with Crippen molar-refractivity contribution in [3.8, 4) is 5.75 Å². The summed E-state index contributed by atoms with van der Waals surface area (Å²) in [7, 11) is 0. The standard InChI is InChI=1S/C23H20F4O/c1-2-14-3-9-20-17(11-14)7-10-21(22(20)24)18-5-4-16-13-19(28-23(25,26)27)8-6-15(16)12-18/h3,6-11,13,18H,2,4-5,12H2,1H3. The lowest BCUT2D eigenvalue weighted by molar-refractivity contribution is -0.274. The van der Waals surface area contributed by atoms with Crippen molar-refractivity contribution in [2.45, 2.75) is 44.9 Å². The first-order valence-corrected chi connectivity index (χ1v) is 9.42. The Hall–Kier alpha value is -2.56. The first kappa shape index (κ1) is 18.8. The topological polar surface area (TPSA) is 9.23 Å². The van der Waals surface area contributed by atoms with E-state index in [2.05, 4.69) is 11.7 Å². The quantitative estimate of drug-likeness (QED) is 0.453. The average molecular weight is 388 g/mol. The molecule has 28 heavy (non-hydrogen) atoms. The van der Waals surface area contributed by atoms with Gasteiger partial charge in [0, 0.05) is 5.39 Å². The van der Waals surface area contributed by atoms with Crippen LogP contribution >= 0.6 is 0 Å². The van der Waals surface area contributed by atoms with E-state index < -0.39 is 6.36 Å². The van der Waals surface area contributed by atoms with Gasteiger partial charge in [0.15, 0.2) is 0 Å². The third kappa shape index (κ3) is 3.71. The van der Waals surface area contributed by atoms with E-state index in [4.69, 9.17) is 0 Å². The van der Waals surface area contributed by atoms with Crippen molar-refractivity contribution < 1.29 is 22.3 Å². The minimum absolute atomic E-state index is 0.0112. The molecule has 1 nitrogen and oxygen atoms in total. The van der Waals surface area contributed by atoms with Gasteiger partial charge in [0.2, 0.25) is 0 Å². The van der Waals surface area contributed by atoms with Crippen LogP contribution in [-0.4, -0.2) is 6.36 Å². The number of aryl methyl sites for hydroxylation is 2. The summed E-state index contributed by atoms with van der Waals surface area (Å²) in [5, 5.41) is 1.51. The molecule has 5 heteroatoms. The molecule has 3 aromatic carbocycles. The molecule has 0 radical (unpaired) electrons. The predicted octanol–water partition coefficient (Wildman–Crippen LogP) is 6.71. The van der Waals surface area contributed by atoms with Crippen molar-refractivity contribution >= 4 is 10.8 Å². The molecule has 0 aliphatic heterocycles. The molecular weight excluding hydrogens is 368 g/mol. The first-order chi connectivity index (χ1) is 13.3. The van der Waals surface area contributed by atoms with Crippen LogP contribution < -0.4 is 4.74 Å². The molecule has 0 heterocycles. The Morgan fingerprint density at radius 3 is 2.57 bits per heavy atom. The number of rotatable bonds is 3. The zero-order chi connectivity index (χ0) is 19.9. The van der Waals surface area contributed by atoms with E-state index in [-0.39, 0.29) is 17.5 Å². The number of hydrogen-bond acceptors (Lipinski definition) is 1. The Bertz CT molecular complexity index is 1020. The van der Waals surface area contributed by atoms with Crippen LogP contribution in [0.15, 0.2) is 48.5 Å². The highest BCUT2D eigenvalue weighted by Crippen LogP contribution is 2.37. The number of halogens is 4. The highest BCUT2D eigenvalue weighted by atomic mass is 19.4. The van der Waals surface area contributed by atoms with Crippen molar-refractivity contribution in [3.05, 3.63) is 76.6 Å². The van der Waals surface area contributed by atoms with E-state index >= 15 is 4.39 Å². The van der Waals surface area contributed by atoms with Crippen LogP contribution in [0.3, 0.4) is 0 Å². The van der Waals surface area contributed by atoms with E-state index in [9.17, 15) is 13.2 Å². The normalized spacial score (nSPS) is 16.8. The first-order valence-electron chi connectivity index (χ1n) is 9.42. The molecule has 0 aromatic heterocycles. The van der Waals surface area contributed by atoms with E-state index in [0.717, 1.165) is 22.9 Å². The van der Waals surface area contributed by atoms with Crippen LogP contribution in [-0.2, 0) is 19.3 Å². The summed E-state index contributed by atoms with van der Waals surface area (Å²) in [6, 6.07) is 14.1. The van der Waals surface area contributed by atoms with Crippen LogP contribution in [0.2, 0.25) is 0 Å². The summed E-state index contributed by atoms with van der Waals surface area (Å²) >= 11 is 0. The zero-order valence-corrected chi connectivity index (χ0v) is 15.4. The van der Waals surface area contributed by atoms with Crippen molar-refractivity contribution in [2.75, 3.05) is 0 Å². The molecule has 1 aliphatic rings. The third-order valence-corrected chi connectivity index (χ3v) is 5.54. The third-order valence-electron chi connectivity index (χ3n) is 5.54. The summed E-state index contributed by atoms with van der Waals surface area (Å²) in [5.74, 6) is -0.379. The summed E-state index contributed by atoms with van der Waals surface area (Å²) in [6.45, 7) is 2.07. The van der Waals surface area contributed by atoms with Crippen molar-refractivity contribution in [2.24, 2.45) is 0 Å². The predicted molar refractivity (Wildman–Crippen MR) is 101 cm³/mol. The number of hydrogen-bond donors (Lipinski definition) is 0. The maximum Gasteiger partial charge on any atom is 0.573 e. The summed E-state index contributed by atoms with van der Waals surface area (Å²) in [5.41, 5.74) is 3.64. The molecule has 1 atom stereocenters. The smallest absolute Gasteiger partial charge is 0.406 e. The molecule has 0 saturated heterocycles. The van der Waals surface area contributed by atoms with Gasteiger partial charge in [-0.2, -0.15) is 0 Å². The zero-order valence-electron chi connectivity index (χ0n) is 15.4. The fourth-order valence-electron chi connectivity index (χ4n) is 4.09. The number of benzene rings is 3. The molecule has 1 unspecified atom stereocenters. The Morgan fingerprint density at radius 2 is 1.82 bits per heavy atom. The lowest BCUT2D eigenvalue weighted by Gasteiger charge is -2.26. The van der Waals surface area contributed by atoms with Crippen molar-refractivity contribution in [1.82, 2.24) is 0 Å². The highest BCUT2D eigenvalue weighted by molar-refractivity contribution is 5.84. The van der Waals surface area contributed by atoms with Gasteiger partial charge in [0.05, 0.1) is 0 Å². The maximum atomic E-state index is 15.2. The largest absolute Gasteiger partial charge is 0.573 e. The van der Waals surface area contributed by atoms with E-state index in [1.165, 1.54) is 17.7 Å². The molecule has 0 N–H and O–H groups in total. The second-order valence-corrected chi connectivity index (χ2v) is 7.30. The lowest BCUT2D eigenvalue weighted by atomic mass is 9.79. The highest BCUT2D eigenvalue weighted by Gasteiger charge is 2.32. The molecule has 3 aromatic rings. The van der Waals surface area contributed by atoms with Crippen LogP contribution in [0.4, 0.5) is 17.6 Å². The molecule has 0 amide bonds. The lowest BCUT2D eigenvalue weighted by Crippen LogP contribution is -2.18. The summed E-state index contributed by atoms with van der Waals surface area (Å²) in [4.78, 5) is 0. The minimum Gasteiger partial charge on any atom is -0.406 e. The minimum atomic E-state index is -4.70. The number of ether oxygens (including phenoxy) is 1. The number of fused-ring (bicyclic) bond motifs is 2. The Balaban J connectivity index is 1.61. The van der Waals surface area contributed by atoms with Gasteiger partial charge in [0.25, 0.3) is 0 Å². The second-order valence-electron chi connectivity index (χ2n) is 7.30. The molecule has 1 aliphatic carbocycles. The van der Waals surface area contributed by atoms with Crippen molar-refractivity contribution in [3.63, 3.8) is 0 Å². The Kier molecular flexibility index (Phi) is 4.77. The van der Waals surface area contributed by atoms with Gasteiger partial charge in [-0.05, 0) is 71.4 Å². The molecule has 0 fully saturated rings. The van der Waals surface area contributed by atoms with Gasteiger partial charge in [0.1, 0.15) is 11.6 Å². The van der Waals surface area contributed by atoms with E-state index in [0.29, 0.717) is 30.2 Å². The molecule has 146 valence electrons. The monoisotopic (exact) mass is 388 g/mol. The maximum absolute atomic E-state index is 15.2. The molecular formula is C23H20F4O. The molecule has 0 bridgehead atoms. The molecule has 0 saturated carbocycles. The van der Waals surface area contributed by atoms with Gasteiger partial charge < -0.3 is 4.74 Å². The number of alkyl halides is 3. The van der Waals surface area contributed by atoms with Gasteiger partial charge in [-0.25, -0.2) is 4.39 Å². The second kappa shape index (κ2) is 7.12. The fraction of sp³-hybridized carbons (Fsp3) is 0.304. The van der Waals surface area contributed by atoms with Crippen LogP contribution in [0, 0.1) is 5.82 Å². The SMILES string of the molecule is CCc1ccc2c(F)c(C3CCc4cc(OC(F)(F)F)ccc4C3)ccc2c1. The Morgan fingerprint density at radius 1 is 1.00 bits per heavy atom. The van der Waals surface area contributed by atoms with Gasteiger partial charge >= 0.3 is 6.36 Å². The van der Waals surface area contributed by atoms with E-state index in [1.807, 2.05) is 30.3 Å². The summed E-state index contributed by atoms with van der Waals surface area (Å²) in [6.07, 6.45) is -1.90. The van der Waals surface area contributed by atoms with Crippen LogP contribution in [0.1, 0.15) is 41.5 Å².